The summed E-state index contributed by atoms with van der Waals surface area (Å²) in [4.78, 5) is 0. The minimum atomic E-state index is 0.734. The normalized spacial score (nSPS) is 10.8. The molecule has 0 radical (unpaired) electrons. The van der Waals surface area contributed by atoms with Crippen molar-refractivity contribution in [3.05, 3.63) is 38.1 Å². The fraction of sp³-hybridized carbons (Fsp3) is 0.333. The monoisotopic (exact) mass is 420 g/mol. The van der Waals surface area contributed by atoms with Crippen LogP contribution in [0.3, 0.4) is 0 Å². The number of rotatable bonds is 5. The maximum Gasteiger partial charge on any atom is 0.0831 e. The van der Waals surface area contributed by atoms with Gasteiger partial charge in [0.2, 0.25) is 0 Å². The molecule has 0 fully saturated rings. The van der Waals surface area contributed by atoms with Crippen LogP contribution in [0.25, 0.3) is 5.69 Å². The first-order chi connectivity index (χ1) is 8.70. The molecule has 0 aliphatic heterocycles. The molecule has 0 atom stereocenters. The standard InChI is InChI=1S/C12H14BrIN4/c13-9-4-5-11(14)12(7-9)18-8-10(16-17-18)3-1-2-6-15/h4-5,7-8H,1-3,6,15H2. The van der Waals surface area contributed by atoms with E-state index in [-0.39, 0.29) is 0 Å². The first kappa shape index (κ1) is 14.0. The van der Waals surface area contributed by atoms with Gasteiger partial charge < -0.3 is 5.73 Å². The van der Waals surface area contributed by atoms with Crippen molar-refractivity contribution >= 4 is 38.5 Å². The van der Waals surface area contributed by atoms with Crippen LogP contribution in [0.4, 0.5) is 0 Å². The molecule has 1 heterocycles. The molecule has 0 unspecified atom stereocenters. The summed E-state index contributed by atoms with van der Waals surface area (Å²) < 4.78 is 4.01. The van der Waals surface area contributed by atoms with Gasteiger partial charge in [-0.05, 0) is 66.6 Å². The molecule has 2 rings (SSSR count). The van der Waals surface area contributed by atoms with Gasteiger partial charge in [-0.1, -0.05) is 21.1 Å². The number of nitrogens with zero attached hydrogens (tertiary/aromatic N) is 3. The summed E-state index contributed by atoms with van der Waals surface area (Å²) in [7, 11) is 0. The lowest BCUT2D eigenvalue weighted by molar-refractivity contribution is 0.727. The highest BCUT2D eigenvalue weighted by Gasteiger charge is 2.06. The van der Waals surface area contributed by atoms with E-state index in [2.05, 4.69) is 54.9 Å². The predicted octanol–water partition coefficient (Wildman–Crippen LogP) is 2.92. The van der Waals surface area contributed by atoms with Crippen LogP contribution in [-0.2, 0) is 6.42 Å². The van der Waals surface area contributed by atoms with E-state index in [9.17, 15) is 0 Å². The number of nitrogens with two attached hydrogens (primary N) is 1. The molecular formula is C12H14BrIN4. The van der Waals surface area contributed by atoms with Crippen molar-refractivity contribution in [1.82, 2.24) is 15.0 Å². The molecule has 4 nitrogen and oxygen atoms in total. The number of benzene rings is 1. The summed E-state index contributed by atoms with van der Waals surface area (Å²) in [6.45, 7) is 0.734. The number of hydrogen-bond acceptors (Lipinski definition) is 3. The fourth-order valence-electron chi connectivity index (χ4n) is 1.64. The highest BCUT2D eigenvalue weighted by atomic mass is 127. The lowest BCUT2D eigenvalue weighted by Gasteiger charge is -2.03. The van der Waals surface area contributed by atoms with Gasteiger partial charge in [0, 0.05) is 8.04 Å². The van der Waals surface area contributed by atoms with Gasteiger partial charge in [0.15, 0.2) is 0 Å². The average molecular weight is 421 g/mol. The van der Waals surface area contributed by atoms with E-state index >= 15 is 0 Å². The highest BCUT2D eigenvalue weighted by molar-refractivity contribution is 14.1. The number of aromatic nitrogens is 3. The van der Waals surface area contributed by atoms with Gasteiger partial charge in [-0.15, -0.1) is 5.10 Å². The zero-order valence-corrected chi connectivity index (χ0v) is 13.6. The minimum Gasteiger partial charge on any atom is -0.330 e. The third-order valence-corrected chi connectivity index (χ3v) is 3.99. The van der Waals surface area contributed by atoms with Gasteiger partial charge in [-0.3, -0.25) is 0 Å². The van der Waals surface area contributed by atoms with E-state index in [0.717, 1.165) is 45.2 Å². The topological polar surface area (TPSA) is 56.7 Å². The molecule has 0 aliphatic rings. The summed E-state index contributed by atoms with van der Waals surface area (Å²) in [6.07, 6.45) is 5.01. The zero-order chi connectivity index (χ0) is 13.0. The van der Waals surface area contributed by atoms with Crippen molar-refractivity contribution in [2.75, 3.05) is 6.54 Å². The molecule has 2 aromatic rings. The molecule has 0 amide bonds. The lowest BCUT2D eigenvalue weighted by Crippen LogP contribution is -1.99. The summed E-state index contributed by atoms with van der Waals surface area (Å²) in [5, 5.41) is 8.37. The van der Waals surface area contributed by atoms with Crippen LogP contribution in [0.1, 0.15) is 18.5 Å². The third kappa shape index (κ3) is 3.52. The van der Waals surface area contributed by atoms with Crippen molar-refractivity contribution in [1.29, 1.82) is 0 Å². The van der Waals surface area contributed by atoms with Crippen molar-refractivity contribution in [2.24, 2.45) is 5.73 Å². The van der Waals surface area contributed by atoms with Crippen molar-refractivity contribution in [3.8, 4) is 5.69 Å². The first-order valence-electron chi connectivity index (χ1n) is 5.77. The number of aryl methyl sites for hydroxylation is 1. The van der Waals surface area contributed by atoms with E-state index in [1.165, 1.54) is 0 Å². The fourth-order valence-corrected chi connectivity index (χ4v) is 2.57. The third-order valence-electron chi connectivity index (χ3n) is 2.58. The number of hydrogen-bond donors (Lipinski definition) is 1. The molecule has 6 heteroatoms. The van der Waals surface area contributed by atoms with Gasteiger partial charge in [0.1, 0.15) is 0 Å². The molecule has 0 saturated carbocycles. The Kier molecular flexibility index (Phi) is 5.13. The summed E-state index contributed by atoms with van der Waals surface area (Å²) in [6, 6.07) is 6.11. The Morgan fingerprint density at radius 2 is 2.17 bits per heavy atom. The highest BCUT2D eigenvalue weighted by Crippen LogP contribution is 2.21. The molecule has 96 valence electrons. The summed E-state index contributed by atoms with van der Waals surface area (Å²) >= 11 is 5.77. The summed E-state index contributed by atoms with van der Waals surface area (Å²) in [5.74, 6) is 0. The molecule has 0 spiro atoms. The second-order valence-corrected chi connectivity index (χ2v) is 6.07. The Labute approximate surface area is 128 Å². The number of halogens is 2. The lowest BCUT2D eigenvalue weighted by atomic mass is 10.2. The number of unbranched alkanes of at least 4 members (excludes halogenated alkanes) is 1. The van der Waals surface area contributed by atoms with E-state index in [4.69, 9.17) is 5.73 Å². The smallest absolute Gasteiger partial charge is 0.0831 e. The van der Waals surface area contributed by atoms with E-state index in [1.807, 2.05) is 23.0 Å². The van der Waals surface area contributed by atoms with E-state index in [0.29, 0.717) is 0 Å². The molecule has 2 N–H and O–H groups in total. The largest absolute Gasteiger partial charge is 0.330 e. The molecule has 0 bridgehead atoms. The van der Waals surface area contributed by atoms with E-state index in [1.54, 1.807) is 0 Å². The predicted molar refractivity (Wildman–Crippen MR) is 83.8 cm³/mol. The van der Waals surface area contributed by atoms with Crippen molar-refractivity contribution < 1.29 is 0 Å². The van der Waals surface area contributed by atoms with Crippen LogP contribution in [0, 0.1) is 3.57 Å². The average Bonchev–Trinajstić information content (AvgIpc) is 2.81. The SMILES string of the molecule is NCCCCc1cn(-c2cc(Br)ccc2I)nn1. The maximum absolute atomic E-state index is 5.48. The molecule has 0 saturated heterocycles. The molecule has 0 aliphatic carbocycles. The quantitative estimate of drug-likeness (QED) is 0.597. The summed E-state index contributed by atoms with van der Waals surface area (Å²) in [5.41, 5.74) is 7.54. The zero-order valence-electron chi connectivity index (χ0n) is 9.81. The van der Waals surface area contributed by atoms with Crippen LogP contribution in [0.15, 0.2) is 28.9 Å². The van der Waals surface area contributed by atoms with Crippen LogP contribution < -0.4 is 5.73 Å². The van der Waals surface area contributed by atoms with Crippen molar-refractivity contribution in [2.45, 2.75) is 19.3 Å². The maximum atomic E-state index is 5.48. The molecule has 18 heavy (non-hydrogen) atoms. The van der Waals surface area contributed by atoms with Crippen LogP contribution in [0.5, 0.6) is 0 Å². The van der Waals surface area contributed by atoms with Gasteiger partial charge in [0.05, 0.1) is 17.6 Å². The van der Waals surface area contributed by atoms with Crippen LogP contribution in [-0.4, -0.2) is 21.5 Å². The first-order valence-corrected chi connectivity index (χ1v) is 7.64. The van der Waals surface area contributed by atoms with Crippen LogP contribution >= 0.6 is 38.5 Å². The Morgan fingerprint density at radius 3 is 2.94 bits per heavy atom. The van der Waals surface area contributed by atoms with Gasteiger partial charge in [-0.2, -0.15) is 0 Å². The second kappa shape index (κ2) is 6.63. The van der Waals surface area contributed by atoms with Gasteiger partial charge in [-0.25, -0.2) is 4.68 Å². The van der Waals surface area contributed by atoms with Crippen LogP contribution in [0.2, 0.25) is 0 Å². The van der Waals surface area contributed by atoms with Crippen molar-refractivity contribution in [3.63, 3.8) is 0 Å². The second-order valence-electron chi connectivity index (χ2n) is 4.00. The Balaban J connectivity index is 2.16. The molecule has 1 aromatic carbocycles. The Bertz CT molecular complexity index is 527. The Hall–Kier alpha value is -0.470. The Morgan fingerprint density at radius 1 is 1.33 bits per heavy atom. The minimum absolute atomic E-state index is 0.734. The molecular weight excluding hydrogens is 407 g/mol. The van der Waals surface area contributed by atoms with Gasteiger partial charge >= 0.3 is 0 Å². The molecule has 1 aromatic heterocycles. The van der Waals surface area contributed by atoms with Gasteiger partial charge in [0.25, 0.3) is 0 Å². The van der Waals surface area contributed by atoms with E-state index < -0.39 is 0 Å².